The van der Waals surface area contributed by atoms with Gasteiger partial charge in [0.05, 0.1) is 0 Å². The van der Waals surface area contributed by atoms with Crippen molar-refractivity contribution >= 4 is 0 Å². The molecule has 0 atom stereocenters. The summed E-state index contributed by atoms with van der Waals surface area (Å²) in [5, 5.41) is 23.7. The smallest absolute Gasteiger partial charge is 0.322 e. The minimum atomic E-state index is -1.75. The van der Waals surface area contributed by atoms with Crippen LogP contribution in [0.25, 0.3) is 0 Å². The van der Waals surface area contributed by atoms with Crippen molar-refractivity contribution in [2.45, 2.75) is 6.92 Å². The van der Waals surface area contributed by atoms with Crippen LogP contribution < -0.4 is 0 Å². The second-order valence-electron chi connectivity index (χ2n) is 2.01. The van der Waals surface area contributed by atoms with Crippen molar-refractivity contribution in [1.82, 2.24) is 0 Å². The molecule has 5 nitrogen and oxygen atoms in total. The first-order valence-corrected chi connectivity index (χ1v) is 3.10. The molecule has 0 heterocycles. The maximum absolute atomic E-state index is 8.92. The van der Waals surface area contributed by atoms with E-state index in [1.54, 1.807) is 6.07 Å². The van der Waals surface area contributed by atoms with Gasteiger partial charge in [0.15, 0.2) is 0 Å². The molecule has 0 aliphatic rings. The Hall–Kier alpha value is -1.78. The molecule has 0 bridgehead atoms. The normalized spacial score (nSPS) is 8.08. The lowest BCUT2D eigenvalue weighted by molar-refractivity contribution is -0.782. The first kappa shape index (κ1) is 10.2. The first-order chi connectivity index (χ1) is 5.54. The Morgan fingerprint density at radius 3 is 2.08 bits per heavy atom. The van der Waals surface area contributed by atoms with E-state index in [0.717, 1.165) is 5.56 Å². The van der Waals surface area contributed by atoms with Crippen LogP contribution in [-0.4, -0.2) is 10.2 Å². The van der Waals surface area contributed by atoms with Crippen LogP contribution in [0.3, 0.4) is 0 Å². The summed E-state index contributed by atoms with van der Waals surface area (Å²) in [4.78, 5) is 8.25. The van der Waals surface area contributed by atoms with Gasteiger partial charge in [0.2, 0.25) is 0 Å². The van der Waals surface area contributed by atoms with Gasteiger partial charge in [0.25, 0.3) is 0 Å². The van der Waals surface area contributed by atoms with E-state index in [9.17, 15) is 0 Å². The SMILES string of the molecule is Cc1ccccc1O.[O][N+](=O)[O-]. The molecule has 0 spiro atoms. The first-order valence-electron chi connectivity index (χ1n) is 3.10. The summed E-state index contributed by atoms with van der Waals surface area (Å²) in [6, 6.07) is 7.25. The number of aryl methyl sites for hydroxylation is 1. The van der Waals surface area contributed by atoms with E-state index in [1.165, 1.54) is 0 Å². The average Bonchev–Trinajstić information content (AvgIpc) is 1.94. The van der Waals surface area contributed by atoms with Gasteiger partial charge in [-0.15, -0.1) is 15.3 Å². The van der Waals surface area contributed by atoms with Gasteiger partial charge in [-0.25, -0.2) is 0 Å². The molecular weight excluding hydrogens is 162 g/mol. The van der Waals surface area contributed by atoms with Gasteiger partial charge in [-0.05, 0) is 18.6 Å². The standard InChI is InChI=1S/C7H8O.NO3/c1-6-4-2-3-5-7(6)8;2-1(3)4/h2-5,8H,1H3;. The molecule has 12 heavy (non-hydrogen) atoms. The van der Waals surface area contributed by atoms with Crippen LogP contribution in [0, 0.1) is 17.0 Å². The minimum absolute atomic E-state index is 0.368. The summed E-state index contributed by atoms with van der Waals surface area (Å²) in [6.07, 6.45) is 0. The highest BCUT2D eigenvalue weighted by Crippen LogP contribution is 2.12. The number of aromatic hydroxyl groups is 1. The fourth-order valence-electron chi connectivity index (χ4n) is 0.563. The predicted octanol–water partition coefficient (Wildman–Crippen LogP) is 1.31. The number of phenolic OH excluding ortho intramolecular Hbond substituents is 1. The van der Waals surface area contributed by atoms with Crippen molar-refractivity contribution < 1.29 is 15.4 Å². The molecule has 0 aromatic heterocycles. The Morgan fingerprint density at radius 1 is 1.42 bits per heavy atom. The van der Waals surface area contributed by atoms with E-state index in [0.29, 0.717) is 5.75 Å². The van der Waals surface area contributed by atoms with Crippen LogP contribution >= 0.6 is 0 Å². The summed E-state index contributed by atoms with van der Waals surface area (Å²) in [5.74, 6) is 0.368. The number of para-hydroxylation sites is 1. The summed E-state index contributed by atoms with van der Waals surface area (Å²) in [7, 11) is 0. The molecule has 0 amide bonds. The van der Waals surface area contributed by atoms with Crippen LogP contribution in [0.5, 0.6) is 5.75 Å². The number of phenols is 1. The Bertz CT molecular complexity index is 236. The van der Waals surface area contributed by atoms with E-state index in [1.807, 2.05) is 25.1 Å². The molecule has 1 N–H and O–H groups in total. The van der Waals surface area contributed by atoms with Crippen molar-refractivity contribution in [2.75, 3.05) is 0 Å². The van der Waals surface area contributed by atoms with Crippen molar-refractivity contribution in [3.63, 3.8) is 0 Å². The molecule has 0 saturated heterocycles. The third-order valence-corrected chi connectivity index (χ3v) is 1.12. The van der Waals surface area contributed by atoms with Gasteiger partial charge in [0, 0.05) is 0 Å². The van der Waals surface area contributed by atoms with E-state index in [2.05, 4.69) is 0 Å². The Labute approximate surface area is 69.0 Å². The Morgan fingerprint density at radius 2 is 1.83 bits per heavy atom. The molecule has 0 saturated carbocycles. The van der Waals surface area contributed by atoms with Crippen molar-refractivity contribution in [3.05, 3.63) is 39.9 Å². The van der Waals surface area contributed by atoms with Crippen LogP contribution in [0.1, 0.15) is 5.56 Å². The van der Waals surface area contributed by atoms with Crippen LogP contribution in [-0.2, 0) is 5.21 Å². The molecule has 0 fully saturated rings. The molecule has 0 aliphatic heterocycles. The van der Waals surface area contributed by atoms with Gasteiger partial charge in [-0.2, -0.15) is 0 Å². The van der Waals surface area contributed by atoms with Gasteiger partial charge in [0.1, 0.15) is 5.75 Å². The van der Waals surface area contributed by atoms with Gasteiger partial charge in [-0.1, -0.05) is 18.2 Å². The Balaban J connectivity index is 0.000000261. The number of nitrogens with zero attached hydrogens (tertiary/aromatic N) is 1. The zero-order valence-electron chi connectivity index (χ0n) is 6.43. The van der Waals surface area contributed by atoms with Gasteiger partial charge >= 0.3 is 5.09 Å². The largest absolute Gasteiger partial charge is 0.508 e. The minimum Gasteiger partial charge on any atom is -0.508 e. The van der Waals surface area contributed by atoms with Crippen molar-refractivity contribution in [2.24, 2.45) is 0 Å². The second kappa shape index (κ2) is 4.95. The lowest BCUT2D eigenvalue weighted by Crippen LogP contribution is -1.77. The molecule has 1 aromatic carbocycles. The third kappa shape index (κ3) is 5.04. The van der Waals surface area contributed by atoms with Crippen molar-refractivity contribution in [3.8, 4) is 5.75 Å². The number of rotatable bonds is 0. The highest BCUT2D eigenvalue weighted by molar-refractivity contribution is 5.29. The predicted molar refractivity (Wildman–Crippen MR) is 40.5 cm³/mol. The number of benzene rings is 1. The molecule has 1 rings (SSSR count). The van der Waals surface area contributed by atoms with Crippen LogP contribution in [0.15, 0.2) is 24.3 Å². The van der Waals surface area contributed by atoms with Gasteiger partial charge < -0.3 is 5.11 Å². The molecule has 1 radical (unpaired) electrons. The van der Waals surface area contributed by atoms with E-state index in [-0.39, 0.29) is 0 Å². The van der Waals surface area contributed by atoms with Gasteiger partial charge in [-0.3, -0.25) is 0 Å². The lowest BCUT2D eigenvalue weighted by atomic mass is 10.2. The molecule has 65 valence electrons. The molecule has 5 heteroatoms. The van der Waals surface area contributed by atoms with E-state index < -0.39 is 5.09 Å². The maximum atomic E-state index is 8.92. The van der Waals surface area contributed by atoms with Crippen molar-refractivity contribution in [1.29, 1.82) is 0 Å². The fraction of sp³-hybridized carbons (Fsp3) is 0.143. The Kier molecular flexibility index (Phi) is 4.21. The lowest BCUT2D eigenvalue weighted by Gasteiger charge is -1.92. The number of hydrogen-bond donors (Lipinski definition) is 1. The molecule has 1 aromatic rings. The quantitative estimate of drug-likeness (QED) is 0.470. The molecule has 0 aliphatic carbocycles. The molecule has 0 unspecified atom stereocenters. The highest BCUT2D eigenvalue weighted by Gasteiger charge is 1.86. The average molecular weight is 170 g/mol. The zero-order valence-corrected chi connectivity index (χ0v) is 6.43. The zero-order chi connectivity index (χ0) is 9.56. The summed E-state index contributed by atoms with van der Waals surface area (Å²) in [5.41, 5.74) is 0.924. The summed E-state index contributed by atoms with van der Waals surface area (Å²) >= 11 is 0. The maximum Gasteiger partial charge on any atom is 0.322 e. The van der Waals surface area contributed by atoms with E-state index in [4.69, 9.17) is 20.4 Å². The topological polar surface area (TPSA) is 83.3 Å². The molecular formula is C7H8NO4. The third-order valence-electron chi connectivity index (χ3n) is 1.12. The highest BCUT2D eigenvalue weighted by atomic mass is 16.9. The second-order valence-corrected chi connectivity index (χ2v) is 2.01. The van der Waals surface area contributed by atoms with Crippen LogP contribution in [0.2, 0.25) is 0 Å². The number of hydrogen-bond acceptors (Lipinski definition) is 3. The fourth-order valence-corrected chi connectivity index (χ4v) is 0.563. The van der Waals surface area contributed by atoms with E-state index >= 15 is 0 Å². The summed E-state index contributed by atoms with van der Waals surface area (Å²) in [6.45, 7) is 1.87. The van der Waals surface area contributed by atoms with Crippen LogP contribution in [0.4, 0.5) is 0 Å². The summed E-state index contributed by atoms with van der Waals surface area (Å²) < 4.78 is 0. The monoisotopic (exact) mass is 170 g/mol.